The number of carbonyl (C=O) groups excluding carboxylic acids is 1. The minimum atomic E-state index is -5.76. The zero-order valence-electron chi connectivity index (χ0n) is 11.5. The smallest absolute Gasteiger partial charge is 0.345 e. The highest BCUT2D eigenvalue weighted by Crippen LogP contribution is 2.39. The van der Waals surface area contributed by atoms with Gasteiger partial charge in [0.05, 0.1) is 0 Å². The molecule has 0 saturated carbocycles. The lowest BCUT2D eigenvalue weighted by Gasteiger charge is -2.23. The van der Waals surface area contributed by atoms with Gasteiger partial charge in [-0.15, -0.1) is 0 Å². The van der Waals surface area contributed by atoms with Gasteiger partial charge in [0.2, 0.25) is 6.41 Å². The molecule has 12 heteroatoms. The molecule has 2 nitrogen and oxygen atoms in total. The Morgan fingerprint density at radius 3 is 1.17 bits per heavy atom. The van der Waals surface area contributed by atoms with Gasteiger partial charge in [-0.3, -0.25) is 4.79 Å². The van der Waals surface area contributed by atoms with Crippen molar-refractivity contribution in [2.75, 3.05) is 13.1 Å². The molecular weight excluding hydrogens is 352 g/mol. The SMILES string of the molecule is O=CN(CCCC(F)(F)C(F)(F)F)CCCC(F)(F)C(F)(F)F. The average molecular weight is 365 g/mol. The monoisotopic (exact) mass is 365 g/mol. The van der Waals surface area contributed by atoms with Crippen molar-refractivity contribution in [3.05, 3.63) is 0 Å². The van der Waals surface area contributed by atoms with Gasteiger partial charge >= 0.3 is 24.2 Å². The van der Waals surface area contributed by atoms with Crippen molar-refractivity contribution in [3.63, 3.8) is 0 Å². The Morgan fingerprint density at radius 2 is 0.957 bits per heavy atom. The van der Waals surface area contributed by atoms with Crippen LogP contribution in [0.5, 0.6) is 0 Å². The maximum absolute atomic E-state index is 12.6. The maximum Gasteiger partial charge on any atom is 0.453 e. The van der Waals surface area contributed by atoms with Crippen molar-refractivity contribution < 1.29 is 48.7 Å². The van der Waals surface area contributed by atoms with E-state index < -0.39 is 63.0 Å². The van der Waals surface area contributed by atoms with Crippen LogP contribution in [0.3, 0.4) is 0 Å². The molecule has 0 heterocycles. The number of nitrogens with zero attached hydrogens (tertiary/aromatic N) is 1. The fourth-order valence-corrected chi connectivity index (χ4v) is 1.51. The van der Waals surface area contributed by atoms with Crippen LogP contribution in [0.15, 0.2) is 0 Å². The quantitative estimate of drug-likeness (QED) is 0.438. The molecule has 0 spiro atoms. The van der Waals surface area contributed by atoms with Crippen LogP contribution in [0.4, 0.5) is 43.9 Å². The first-order chi connectivity index (χ1) is 10.1. The summed E-state index contributed by atoms with van der Waals surface area (Å²) in [6, 6.07) is 0. The van der Waals surface area contributed by atoms with Gasteiger partial charge in [0, 0.05) is 25.9 Å². The average Bonchev–Trinajstić information content (AvgIpc) is 2.33. The van der Waals surface area contributed by atoms with Gasteiger partial charge in [-0.25, -0.2) is 0 Å². The van der Waals surface area contributed by atoms with Gasteiger partial charge in [0.15, 0.2) is 0 Å². The molecule has 0 aromatic carbocycles. The summed E-state index contributed by atoms with van der Waals surface area (Å²) in [4.78, 5) is 11.1. The summed E-state index contributed by atoms with van der Waals surface area (Å²) < 4.78 is 121. The van der Waals surface area contributed by atoms with Crippen molar-refractivity contribution in [2.45, 2.75) is 49.9 Å². The van der Waals surface area contributed by atoms with E-state index in [4.69, 9.17) is 0 Å². The molecule has 0 aliphatic rings. The third-order valence-electron chi connectivity index (χ3n) is 2.85. The number of rotatable bonds is 9. The fraction of sp³-hybridized carbons (Fsp3) is 0.909. The van der Waals surface area contributed by atoms with Crippen LogP contribution in [-0.4, -0.2) is 48.6 Å². The third-order valence-corrected chi connectivity index (χ3v) is 2.85. The number of halogens is 10. The molecule has 0 aromatic heterocycles. The summed E-state index contributed by atoms with van der Waals surface area (Å²) in [5.41, 5.74) is 0. The van der Waals surface area contributed by atoms with Gasteiger partial charge in [0.25, 0.3) is 0 Å². The third kappa shape index (κ3) is 6.81. The standard InChI is InChI=1S/C11H13F10NO/c12-8(13,10(16,17)18)3-1-5-22(7-23)6-2-4-9(14,15)11(19,20)21/h7H,1-6H2. The number of alkyl halides is 10. The Hall–Kier alpha value is -1.23. The van der Waals surface area contributed by atoms with E-state index >= 15 is 0 Å². The van der Waals surface area contributed by atoms with Gasteiger partial charge in [0.1, 0.15) is 0 Å². The van der Waals surface area contributed by atoms with Gasteiger partial charge < -0.3 is 4.90 Å². The predicted octanol–water partition coefficient (Wildman–Crippen LogP) is 4.40. The number of carbonyl (C=O) groups is 1. The molecule has 23 heavy (non-hydrogen) atoms. The molecule has 0 aromatic rings. The normalized spacial score (nSPS) is 14.0. The largest absolute Gasteiger partial charge is 0.453 e. The highest BCUT2D eigenvalue weighted by Gasteiger charge is 2.57. The van der Waals surface area contributed by atoms with E-state index in [1.54, 1.807) is 0 Å². The minimum absolute atomic E-state index is 0.0164. The Bertz CT molecular complexity index is 344. The highest BCUT2D eigenvalue weighted by atomic mass is 19.4. The molecule has 0 aliphatic carbocycles. The van der Waals surface area contributed by atoms with E-state index in [-0.39, 0.29) is 6.41 Å². The van der Waals surface area contributed by atoms with Gasteiger partial charge in [-0.2, -0.15) is 43.9 Å². The first-order valence-electron chi connectivity index (χ1n) is 6.22. The van der Waals surface area contributed by atoms with E-state index in [0.717, 1.165) is 0 Å². The van der Waals surface area contributed by atoms with Crippen LogP contribution < -0.4 is 0 Å². The van der Waals surface area contributed by atoms with Crippen molar-refractivity contribution >= 4 is 6.41 Å². The van der Waals surface area contributed by atoms with E-state index in [1.165, 1.54) is 0 Å². The van der Waals surface area contributed by atoms with Gasteiger partial charge in [-0.1, -0.05) is 0 Å². The number of hydrogen-bond donors (Lipinski definition) is 0. The first-order valence-corrected chi connectivity index (χ1v) is 6.22. The zero-order valence-corrected chi connectivity index (χ0v) is 11.5. The van der Waals surface area contributed by atoms with Crippen LogP contribution in [0.25, 0.3) is 0 Å². The molecule has 0 rings (SSSR count). The second-order valence-electron chi connectivity index (χ2n) is 4.75. The van der Waals surface area contributed by atoms with Crippen LogP contribution >= 0.6 is 0 Å². The number of amides is 1. The zero-order chi connectivity index (χ0) is 18.5. The summed E-state index contributed by atoms with van der Waals surface area (Å²) in [5.74, 6) is -9.93. The summed E-state index contributed by atoms with van der Waals surface area (Å²) in [6.07, 6.45) is -16.4. The van der Waals surface area contributed by atoms with E-state index in [0.29, 0.717) is 4.90 Å². The molecule has 0 bridgehead atoms. The highest BCUT2D eigenvalue weighted by molar-refractivity contribution is 5.46. The Morgan fingerprint density at radius 1 is 0.652 bits per heavy atom. The number of hydrogen-bond acceptors (Lipinski definition) is 1. The topological polar surface area (TPSA) is 20.3 Å². The van der Waals surface area contributed by atoms with E-state index in [1.807, 2.05) is 0 Å². The second kappa shape index (κ2) is 7.56. The van der Waals surface area contributed by atoms with Crippen LogP contribution in [0.2, 0.25) is 0 Å². The molecule has 0 fully saturated rings. The molecule has 0 unspecified atom stereocenters. The van der Waals surface area contributed by atoms with Crippen LogP contribution in [0.1, 0.15) is 25.7 Å². The van der Waals surface area contributed by atoms with E-state index in [9.17, 15) is 48.7 Å². The molecule has 1 amide bonds. The van der Waals surface area contributed by atoms with Crippen molar-refractivity contribution in [1.29, 1.82) is 0 Å². The van der Waals surface area contributed by atoms with Crippen molar-refractivity contribution in [2.24, 2.45) is 0 Å². The van der Waals surface area contributed by atoms with E-state index in [2.05, 4.69) is 0 Å². The summed E-state index contributed by atoms with van der Waals surface area (Å²) in [7, 11) is 0. The summed E-state index contributed by atoms with van der Waals surface area (Å²) in [6.45, 7) is -1.24. The molecule has 0 atom stereocenters. The van der Waals surface area contributed by atoms with Crippen LogP contribution in [-0.2, 0) is 4.79 Å². The maximum atomic E-state index is 12.6. The second-order valence-corrected chi connectivity index (χ2v) is 4.75. The molecular formula is C11H13F10NO. The van der Waals surface area contributed by atoms with Crippen molar-refractivity contribution in [3.8, 4) is 0 Å². The molecule has 0 aliphatic heterocycles. The summed E-state index contributed by atoms with van der Waals surface area (Å²) in [5, 5.41) is 0. The Kier molecular flexibility index (Phi) is 7.16. The lowest BCUT2D eigenvalue weighted by molar-refractivity contribution is -0.285. The van der Waals surface area contributed by atoms with Gasteiger partial charge in [-0.05, 0) is 12.8 Å². The lowest BCUT2D eigenvalue weighted by atomic mass is 10.1. The predicted molar refractivity (Wildman–Crippen MR) is 58.1 cm³/mol. The Labute approximate surface area is 124 Å². The minimum Gasteiger partial charge on any atom is -0.345 e. The Balaban J connectivity index is 4.27. The molecule has 138 valence electrons. The lowest BCUT2D eigenvalue weighted by Crippen LogP contribution is -2.38. The molecule has 0 radical (unpaired) electrons. The fourth-order valence-electron chi connectivity index (χ4n) is 1.51. The van der Waals surface area contributed by atoms with Crippen LogP contribution in [0, 0.1) is 0 Å². The first kappa shape index (κ1) is 21.8. The molecule has 0 saturated heterocycles. The van der Waals surface area contributed by atoms with Crippen molar-refractivity contribution in [1.82, 2.24) is 4.90 Å². The summed E-state index contributed by atoms with van der Waals surface area (Å²) >= 11 is 0. The molecule has 0 N–H and O–H groups in total.